The van der Waals surface area contributed by atoms with Crippen LogP contribution in [0.25, 0.3) is 0 Å². The Morgan fingerprint density at radius 1 is 1.19 bits per heavy atom. The fourth-order valence-corrected chi connectivity index (χ4v) is 1.76. The molecule has 1 atom stereocenters. The summed E-state index contributed by atoms with van der Waals surface area (Å²) < 4.78 is 0. The van der Waals surface area contributed by atoms with E-state index in [-0.39, 0.29) is 16.8 Å². The third-order valence-electron chi connectivity index (χ3n) is 2.52. The van der Waals surface area contributed by atoms with E-state index in [2.05, 4.69) is 21.3 Å². The smallest absolute Gasteiger partial charge is 0.319 e. The van der Waals surface area contributed by atoms with Gasteiger partial charge in [0.25, 0.3) is 0 Å². The Morgan fingerprint density at radius 2 is 1.86 bits per heavy atom. The van der Waals surface area contributed by atoms with E-state index in [0.29, 0.717) is 11.4 Å². The van der Waals surface area contributed by atoms with Crippen molar-refractivity contribution in [2.45, 2.75) is 19.9 Å². The summed E-state index contributed by atoms with van der Waals surface area (Å²) in [6, 6.07) is 3.44. The van der Waals surface area contributed by atoms with E-state index in [9.17, 15) is 14.4 Å². The lowest BCUT2D eigenvalue weighted by molar-refractivity contribution is -0.122. The van der Waals surface area contributed by atoms with Crippen LogP contribution >= 0.6 is 11.6 Å². The summed E-state index contributed by atoms with van der Waals surface area (Å²) in [5, 5.41) is 10.3. The normalized spacial score (nSPS) is 11.2. The lowest BCUT2D eigenvalue weighted by Crippen LogP contribution is -2.45. The van der Waals surface area contributed by atoms with Crippen molar-refractivity contribution in [2.24, 2.45) is 0 Å². The lowest BCUT2D eigenvalue weighted by Gasteiger charge is -2.14. The maximum atomic E-state index is 11.7. The van der Waals surface area contributed by atoms with Crippen molar-refractivity contribution in [1.29, 1.82) is 0 Å². The van der Waals surface area contributed by atoms with Gasteiger partial charge in [-0.3, -0.25) is 9.59 Å². The van der Waals surface area contributed by atoms with Gasteiger partial charge in [0.2, 0.25) is 11.8 Å². The molecule has 1 aromatic carbocycles. The Labute approximate surface area is 127 Å². The maximum Gasteiger partial charge on any atom is 0.319 e. The minimum atomic E-state index is -0.674. The van der Waals surface area contributed by atoms with E-state index in [4.69, 9.17) is 11.6 Å². The van der Waals surface area contributed by atoms with Gasteiger partial charge >= 0.3 is 6.03 Å². The molecule has 0 bridgehead atoms. The van der Waals surface area contributed by atoms with Gasteiger partial charge in [0.05, 0.1) is 10.7 Å². The van der Waals surface area contributed by atoms with Gasteiger partial charge in [-0.15, -0.1) is 0 Å². The van der Waals surface area contributed by atoms with Crippen LogP contribution in [0, 0.1) is 0 Å². The number of amides is 4. The summed E-state index contributed by atoms with van der Waals surface area (Å²) in [6.45, 7) is 2.94. The quantitative estimate of drug-likeness (QED) is 0.679. The minimum absolute atomic E-state index is 0.219. The Bertz CT molecular complexity index is 562. The highest BCUT2D eigenvalue weighted by Crippen LogP contribution is 2.25. The molecular formula is C13H17ClN4O3. The van der Waals surface area contributed by atoms with Crippen molar-refractivity contribution >= 4 is 40.8 Å². The van der Waals surface area contributed by atoms with Gasteiger partial charge in [-0.1, -0.05) is 11.6 Å². The van der Waals surface area contributed by atoms with Crippen molar-refractivity contribution in [3.8, 4) is 0 Å². The molecule has 114 valence electrons. The highest BCUT2D eigenvalue weighted by Gasteiger charge is 2.14. The van der Waals surface area contributed by atoms with E-state index in [1.54, 1.807) is 19.1 Å². The molecule has 0 aliphatic rings. The number of benzene rings is 1. The summed E-state index contributed by atoms with van der Waals surface area (Å²) in [4.78, 5) is 34.0. The molecule has 0 spiro atoms. The SMILES string of the molecule is CNC(=O)C(C)NC(=O)Nc1ccc(NC(C)=O)cc1Cl. The van der Waals surface area contributed by atoms with E-state index < -0.39 is 12.1 Å². The second-order valence-electron chi connectivity index (χ2n) is 4.31. The number of halogens is 1. The zero-order valence-electron chi connectivity index (χ0n) is 11.9. The van der Waals surface area contributed by atoms with Crippen LogP contribution in [-0.4, -0.2) is 30.9 Å². The van der Waals surface area contributed by atoms with Crippen molar-refractivity contribution in [3.05, 3.63) is 23.2 Å². The van der Waals surface area contributed by atoms with Crippen LogP contribution in [0.5, 0.6) is 0 Å². The molecule has 0 radical (unpaired) electrons. The molecular weight excluding hydrogens is 296 g/mol. The first-order valence-corrected chi connectivity index (χ1v) is 6.57. The summed E-state index contributed by atoms with van der Waals surface area (Å²) in [7, 11) is 1.48. The van der Waals surface area contributed by atoms with E-state index >= 15 is 0 Å². The van der Waals surface area contributed by atoms with Crippen LogP contribution in [0.15, 0.2) is 18.2 Å². The standard InChI is InChI=1S/C13H17ClN4O3/c1-7(12(20)15-3)16-13(21)18-11-5-4-9(6-10(11)14)17-8(2)19/h4-7H,1-3H3,(H,15,20)(H,17,19)(H2,16,18,21). The fourth-order valence-electron chi connectivity index (χ4n) is 1.53. The Morgan fingerprint density at radius 3 is 2.38 bits per heavy atom. The third-order valence-corrected chi connectivity index (χ3v) is 2.84. The van der Waals surface area contributed by atoms with Gasteiger partial charge in [-0.2, -0.15) is 0 Å². The van der Waals surface area contributed by atoms with Gasteiger partial charge in [-0.05, 0) is 25.1 Å². The molecule has 4 N–H and O–H groups in total. The van der Waals surface area contributed by atoms with Crippen molar-refractivity contribution in [2.75, 3.05) is 17.7 Å². The summed E-state index contributed by atoms with van der Waals surface area (Å²) >= 11 is 6.01. The van der Waals surface area contributed by atoms with Crippen LogP contribution in [0.1, 0.15) is 13.8 Å². The molecule has 0 saturated carbocycles. The van der Waals surface area contributed by atoms with Crippen LogP contribution in [0.2, 0.25) is 5.02 Å². The molecule has 1 aromatic rings. The van der Waals surface area contributed by atoms with Crippen LogP contribution in [0.3, 0.4) is 0 Å². The number of carbonyl (C=O) groups excluding carboxylic acids is 3. The summed E-state index contributed by atoms with van der Waals surface area (Å²) in [5.74, 6) is -0.527. The number of likely N-dealkylation sites (N-methyl/N-ethyl adjacent to an activating group) is 1. The molecule has 0 fully saturated rings. The largest absolute Gasteiger partial charge is 0.357 e. The van der Waals surface area contributed by atoms with E-state index in [1.807, 2.05) is 0 Å². The molecule has 0 heterocycles. The average Bonchev–Trinajstić information content (AvgIpc) is 2.40. The first-order chi connectivity index (χ1) is 9.83. The molecule has 0 aliphatic heterocycles. The minimum Gasteiger partial charge on any atom is -0.357 e. The topological polar surface area (TPSA) is 99.3 Å². The molecule has 21 heavy (non-hydrogen) atoms. The predicted octanol–water partition coefficient (Wildman–Crippen LogP) is 1.55. The number of carbonyl (C=O) groups is 3. The number of anilines is 2. The second-order valence-corrected chi connectivity index (χ2v) is 4.72. The lowest BCUT2D eigenvalue weighted by atomic mass is 10.2. The number of hydrogen-bond donors (Lipinski definition) is 4. The molecule has 1 rings (SSSR count). The highest BCUT2D eigenvalue weighted by atomic mass is 35.5. The average molecular weight is 313 g/mol. The number of nitrogens with one attached hydrogen (secondary N) is 4. The molecule has 8 heteroatoms. The maximum absolute atomic E-state index is 11.7. The summed E-state index contributed by atoms with van der Waals surface area (Å²) in [5.41, 5.74) is 0.893. The first kappa shape index (κ1) is 16.8. The monoisotopic (exact) mass is 312 g/mol. The summed E-state index contributed by atoms with van der Waals surface area (Å²) in [6.07, 6.45) is 0. The van der Waals surface area contributed by atoms with Crippen LogP contribution in [-0.2, 0) is 9.59 Å². The molecule has 0 saturated heterocycles. The third kappa shape index (κ3) is 5.31. The van der Waals surface area contributed by atoms with Gasteiger partial charge < -0.3 is 21.3 Å². The van der Waals surface area contributed by atoms with Gasteiger partial charge in [-0.25, -0.2) is 4.79 Å². The Kier molecular flexibility index (Phi) is 5.98. The second kappa shape index (κ2) is 7.49. The van der Waals surface area contributed by atoms with Crippen molar-refractivity contribution in [3.63, 3.8) is 0 Å². The molecule has 7 nitrogen and oxygen atoms in total. The van der Waals surface area contributed by atoms with Gasteiger partial charge in [0.15, 0.2) is 0 Å². The fraction of sp³-hybridized carbons (Fsp3) is 0.308. The molecule has 1 unspecified atom stereocenters. The van der Waals surface area contributed by atoms with Gasteiger partial charge in [0.1, 0.15) is 6.04 Å². The zero-order chi connectivity index (χ0) is 16.0. The van der Waals surface area contributed by atoms with E-state index in [0.717, 1.165) is 0 Å². The number of rotatable bonds is 4. The zero-order valence-corrected chi connectivity index (χ0v) is 12.7. The Hall–Kier alpha value is -2.28. The first-order valence-electron chi connectivity index (χ1n) is 6.19. The van der Waals surface area contributed by atoms with Crippen LogP contribution in [0.4, 0.5) is 16.2 Å². The molecule has 0 aliphatic carbocycles. The van der Waals surface area contributed by atoms with Crippen LogP contribution < -0.4 is 21.3 Å². The predicted molar refractivity (Wildman–Crippen MR) is 81.4 cm³/mol. The number of hydrogen-bond acceptors (Lipinski definition) is 3. The number of urea groups is 1. The van der Waals surface area contributed by atoms with Crippen molar-refractivity contribution in [1.82, 2.24) is 10.6 Å². The Balaban J connectivity index is 2.68. The van der Waals surface area contributed by atoms with E-state index in [1.165, 1.54) is 20.0 Å². The highest BCUT2D eigenvalue weighted by molar-refractivity contribution is 6.34. The van der Waals surface area contributed by atoms with Crippen molar-refractivity contribution < 1.29 is 14.4 Å². The molecule has 0 aromatic heterocycles. The molecule has 4 amide bonds. The van der Waals surface area contributed by atoms with Gasteiger partial charge in [0, 0.05) is 19.7 Å².